The van der Waals surface area contributed by atoms with Crippen LogP contribution in [0.15, 0.2) is 231 Å². The Bertz CT molecular complexity index is 4070. The van der Waals surface area contributed by atoms with Gasteiger partial charge in [0.1, 0.15) is 0 Å². The fraction of sp³-hybridized carbons (Fsp3) is 0.0462. The van der Waals surface area contributed by atoms with Crippen LogP contribution in [-0.4, -0.2) is 29.1 Å². The predicted molar refractivity (Wildman–Crippen MR) is 291 cm³/mol. The summed E-state index contributed by atoms with van der Waals surface area (Å²) in [6.45, 7) is 4.66. The molecule has 0 atom stereocenters. The SMILES string of the molecule is CC1(C)c2ccccc2-c2ccc(-c3cc(-c4ccccc4)nc(-c4cc(-n5c6ccccc6c6cc(-c7ccncc7)ccc65)cc(-n5c6ccccc6c6cc(-c7ccncc7)ccc65)c4)n3)cc21. The van der Waals surface area contributed by atoms with Gasteiger partial charge in [-0.2, -0.15) is 0 Å². The Hall–Kier alpha value is -9.26. The molecule has 1 aliphatic rings. The van der Waals surface area contributed by atoms with Gasteiger partial charge < -0.3 is 9.13 Å². The number of aromatic nitrogens is 6. The highest BCUT2D eigenvalue weighted by atomic mass is 15.0. The molecule has 13 aromatic rings. The Balaban J connectivity index is 1.04. The Morgan fingerprint density at radius 1 is 0.324 bits per heavy atom. The van der Waals surface area contributed by atoms with Crippen molar-refractivity contribution in [2.75, 3.05) is 0 Å². The molecule has 5 heterocycles. The number of hydrogen-bond acceptors (Lipinski definition) is 4. The van der Waals surface area contributed by atoms with Crippen LogP contribution in [0.25, 0.3) is 122 Å². The highest BCUT2D eigenvalue weighted by Crippen LogP contribution is 2.50. The van der Waals surface area contributed by atoms with Gasteiger partial charge in [0.2, 0.25) is 0 Å². The van der Waals surface area contributed by atoms with Gasteiger partial charge in [-0.15, -0.1) is 0 Å². The lowest BCUT2D eigenvalue weighted by Crippen LogP contribution is -2.14. The number of para-hydroxylation sites is 2. The second kappa shape index (κ2) is 15.9. The summed E-state index contributed by atoms with van der Waals surface area (Å²) < 4.78 is 4.82. The molecule has 6 nitrogen and oxygen atoms in total. The van der Waals surface area contributed by atoms with E-state index in [0.717, 1.165) is 83.8 Å². The zero-order chi connectivity index (χ0) is 47.2. The molecule has 0 unspecified atom stereocenters. The standard InChI is InChI=1S/C65H44N6/c1-65(2)56-17-9-6-14-50(56)51-23-20-46(38-57(51)65)59-40-58(43-12-4-3-5-13-43)68-64(69-59)47-34-48(70-60-18-10-7-15-52(60)54-36-44(21-24-62(54)70)41-26-30-66-31-27-41)39-49(35-47)71-61-19-11-8-16-53(61)55-37-45(22-25-63(55)71)42-28-32-67-33-29-42/h3-40H,1-2H3. The lowest BCUT2D eigenvalue weighted by atomic mass is 9.82. The van der Waals surface area contributed by atoms with Crippen LogP contribution in [-0.2, 0) is 5.41 Å². The van der Waals surface area contributed by atoms with Crippen LogP contribution in [0.5, 0.6) is 0 Å². The van der Waals surface area contributed by atoms with Gasteiger partial charge in [-0.1, -0.05) is 129 Å². The normalized spacial score (nSPS) is 12.8. The van der Waals surface area contributed by atoms with Crippen LogP contribution >= 0.6 is 0 Å². The van der Waals surface area contributed by atoms with Gasteiger partial charge in [0, 0.05) is 79.8 Å². The average Bonchev–Trinajstić information content (AvgIpc) is 4.03. The second-order valence-corrected chi connectivity index (χ2v) is 19.1. The molecule has 334 valence electrons. The van der Waals surface area contributed by atoms with Crippen molar-refractivity contribution in [2.24, 2.45) is 0 Å². The fourth-order valence-corrected chi connectivity index (χ4v) is 11.3. The highest BCUT2D eigenvalue weighted by molar-refractivity contribution is 6.12. The monoisotopic (exact) mass is 908 g/mol. The molecule has 0 saturated heterocycles. The molecule has 0 amide bonds. The van der Waals surface area contributed by atoms with Gasteiger partial charge >= 0.3 is 0 Å². The van der Waals surface area contributed by atoms with Crippen LogP contribution in [0.3, 0.4) is 0 Å². The number of rotatable bonds is 7. The third-order valence-electron chi connectivity index (χ3n) is 14.7. The molecule has 14 rings (SSSR count). The first-order valence-corrected chi connectivity index (χ1v) is 24.2. The first-order chi connectivity index (χ1) is 34.9. The molecule has 1 aliphatic carbocycles. The molecule has 71 heavy (non-hydrogen) atoms. The van der Waals surface area contributed by atoms with E-state index in [-0.39, 0.29) is 5.41 Å². The zero-order valence-electron chi connectivity index (χ0n) is 39.1. The van der Waals surface area contributed by atoms with Crippen molar-refractivity contribution in [3.63, 3.8) is 0 Å². The molecule has 0 saturated carbocycles. The lowest BCUT2D eigenvalue weighted by molar-refractivity contribution is 0.660. The van der Waals surface area contributed by atoms with E-state index in [4.69, 9.17) is 9.97 Å². The van der Waals surface area contributed by atoms with E-state index in [0.29, 0.717) is 5.82 Å². The highest BCUT2D eigenvalue weighted by Gasteiger charge is 2.35. The zero-order valence-corrected chi connectivity index (χ0v) is 39.1. The van der Waals surface area contributed by atoms with Crippen molar-refractivity contribution < 1.29 is 0 Å². The van der Waals surface area contributed by atoms with Crippen molar-refractivity contribution >= 4 is 43.6 Å². The third kappa shape index (κ3) is 6.56. The molecule has 0 spiro atoms. The summed E-state index contributed by atoms with van der Waals surface area (Å²) in [7, 11) is 0. The minimum Gasteiger partial charge on any atom is -0.309 e. The first-order valence-electron chi connectivity index (χ1n) is 24.2. The van der Waals surface area contributed by atoms with Crippen LogP contribution in [0.2, 0.25) is 0 Å². The second-order valence-electron chi connectivity index (χ2n) is 19.1. The molecular formula is C65H44N6. The molecule has 0 bridgehead atoms. The summed E-state index contributed by atoms with van der Waals surface area (Å²) in [6, 6.07) is 74.5. The summed E-state index contributed by atoms with van der Waals surface area (Å²) >= 11 is 0. The first kappa shape index (κ1) is 40.8. The van der Waals surface area contributed by atoms with Crippen LogP contribution < -0.4 is 0 Å². The van der Waals surface area contributed by atoms with Gasteiger partial charge in [0.05, 0.1) is 33.5 Å². The Morgan fingerprint density at radius 3 is 1.42 bits per heavy atom. The molecule has 5 aromatic heterocycles. The Kier molecular flexibility index (Phi) is 9.14. The van der Waals surface area contributed by atoms with Crippen LogP contribution in [0.1, 0.15) is 25.0 Å². The molecule has 0 fully saturated rings. The fourth-order valence-electron chi connectivity index (χ4n) is 11.3. The number of hydrogen-bond donors (Lipinski definition) is 0. The number of pyridine rings is 2. The molecule has 0 N–H and O–H groups in total. The topological polar surface area (TPSA) is 61.4 Å². The summed E-state index contributed by atoms with van der Waals surface area (Å²) in [5, 5.41) is 4.71. The molecule has 0 radical (unpaired) electrons. The minimum absolute atomic E-state index is 0.161. The molecule has 8 aromatic carbocycles. The lowest BCUT2D eigenvalue weighted by Gasteiger charge is -2.22. The maximum absolute atomic E-state index is 5.57. The number of nitrogens with zero attached hydrogens (tertiary/aromatic N) is 6. The van der Waals surface area contributed by atoms with Crippen molar-refractivity contribution in [1.29, 1.82) is 0 Å². The van der Waals surface area contributed by atoms with E-state index in [9.17, 15) is 0 Å². The van der Waals surface area contributed by atoms with E-state index in [2.05, 4.69) is 239 Å². The Labute approximate surface area is 410 Å². The van der Waals surface area contributed by atoms with Crippen molar-refractivity contribution in [2.45, 2.75) is 19.3 Å². The van der Waals surface area contributed by atoms with Gasteiger partial charge in [-0.25, -0.2) is 9.97 Å². The maximum atomic E-state index is 5.57. The van der Waals surface area contributed by atoms with E-state index < -0.39 is 0 Å². The third-order valence-corrected chi connectivity index (χ3v) is 14.7. The van der Waals surface area contributed by atoms with Crippen molar-refractivity contribution in [3.05, 3.63) is 242 Å². The van der Waals surface area contributed by atoms with Gasteiger partial charge in [0.15, 0.2) is 5.82 Å². The largest absolute Gasteiger partial charge is 0.309 e. The van der Waals surface area contributed by atoms with Gasteiger partial charge in [0.25, 0.3) is 0 Å². The average molecular weight is 909 g/mol. The summed E-state index contributed by atoms with van der Waals surface area (Å²) in [4.78, 5) is 19.6. The quantitative estimate of drug-likeness (QED) is 0.160. The minimum atomic E-state index is -0.161. The van der Waals surface area contributed by atoms with E-state index in [1.54, 1.807) is 0 Å². The smallest absolute Gasteiger partial charge is 0.160 e. The van der Waals surface area contributed by atoms with Crippen LogP contribution in [0.4, 0.5) is 0 Å². The summed E-state index contributed by atoms with van der Waals surface area (Å²) in [5.74, 6) is 0.647. The van der Waals surface area contributed by atoms with E-state index >= 15 is 0 Å². The molecule has 6 heteroatoms. The number of benzene rings is 8. The van der Waals surface area contributed by atoms with Crippen molar-refractivity contribution in [3.8, 4) is 78.7 Å². The van der Waals surface area contributed by atoms with Gasteiger partial charge in [-0.3, -0.25) is 9.97 Å². The summed E-state index contributed by atoms with van der Waals surface area (Å²) in [5.41, 5.74) is 20.8. The van der Waals surface area contributed by atoms with E-state index in [1.165, 1.54) is 43.8 Å². The maximum Gasteiger partial charge on any atom is 0.160 e. The summed E-state index contributed by atoms with van der Waals surface area (Å²) in [6.07, 6.45) is 7.42. The number of fused-ring (bicyclic) bond motifs is 9. The Morgan fingerprint density at radius 2 is 0.817 bits per heavy atom. The van der Waals surface area contributed by atoms with Crippen LogP contribution in [0, 0.1) is 0 Å². The predicted octanol–water partition coefficient (Wildman–Crippen LogP) is 16.1. The molecular weight excluding hydrogens is 865 g/mol. The van der Waals surface area contributed by atoms with E-state index in [1.807, 2.05) is 24.8 Å². The molecule has 0 aliphatic heterocycles. The van der Waals surface area contributed by atoms with Crippen molar-refractivity contribution in [1.82, 2.24) is 29.1 Å². The van der Waals surface area contributed by atoms with Gasteiger partial charge in [-0.05, 0) is 136 Å².